The van der Waals surface area contributed by atoms with E-state index in [1.54, 1.807) is 60.6 Å². The van der Waals surface area contributed by atoms with Crippen molar-refractivity contribution in [3.63, 3.8) is 0 Å². The largest absolute Gasteiger partial charge is 0.493 e. The molecule has 0 aliphatic carbocycles. The molecule has 0 radical (unpaired) electrons. The molecule has 1 saturated heterocycles. The van der Waals surface area contributed by atoms with Gasteiger partial charge in [-0.05, 0) is 54.4 Å². The van der Waals surface area contributed by atoms with Crippen LogP contribution in [0.5, 0.6) is 11.5 Å². The van der Waals surface area contributed by atoms with Gasteiger partial charge < -0.3 is 33.7 Å². The average molecular weight is 585 g/mol. The SMILES string of the molecule is COc1ccc(CCN(Cc2ccco2)C(=O)CN(CCN2CCOCC2)C(=O)Nc2cccc(Cl)c2)cc1OC. The van der Waals surface area contributed by atoms with E-state index in [0.717, 1.165) is 18.7 Å². The summed E-state index contributed by atoms with van der Waals surface area (Å²) in [6.07, 6.45) is 2.16. The van der Waals surface area contributed by atoms with E-state index in [1.807, 2.05) is 24.3 Å². The molecular formula is C30H37ClN4O6. The Labute approximate surface area is 245 Å². The summed E-state index contributed by atoms with van der Waals surface area (Å²) in [5.41, 5.74) is 1.55. The monoisotopic (exact) mass is 584 g/mol. The minimum absolute atomic E-state index is 0.0939. The average Bonchev–Trinajstić information content (AvgIpc) is 3.51. The summed E-state index contributed by atoms with van der Waals surface area (Å²) in [7, 11) is 3.18. The van der Waals surface area contributed by atoms with Crippen LogP contribution in [0.4, 0.5) is 10.5 Å². The van der Waals surface area contributed by atoms with E-state index in [0.29, 0.717) is 67.2 Å². The van der Waals surface area contributed by atoms with Crippen LogP contribution in [0.15, 0.2) is 65.3 Å². The third-order valence-corrected chi connectivity index (χ3v) is 7.11. The molecule has 0 spiro atoms. The lowest BCUT2D eigenvalue weighted by molar-refractivity contribution is -0.132. The second-order valence-electron chi connectivity index (χ2n) is 9.65. The van der Waals surface area contributed by atoms with E-state index in [1.165, 1.54) is 0 Å². The first-order chi connectivity index (χ1) is 19.9. The first kappa shape index (κ1) is 30.2. The van der Waals surface area contributed by atoms with E-state index in [9.17, 15) is 9.59 Å². The molecule has 220 valence electrons. The van der Waals surface area contributed by atoms with E-state index in [4.69, 9.17) is 30.2 Å². The topological polar surface area (TPSA) is 96.7 Å². The number of amides is 3. The van der Waals surface area contributed by atoms with Crippen LogP contribution in [0.1, 0.15) is 11.3 Å². The molecule has 4 rings (SSSR count). The van der Waals surface area contributed by atoms with Crippen molar-refractivity contribution >= 4 is 29.2 Å². The molecule has 2 heterocycles. The highest BCUT2D eigenvalue weighted by atomic mass is 35.5. The van der Waals surface area contributed by atoms with Gasteiger partial charge in [-0.2, -0.15) is 0 Å². The van der Waals surface area contributed by atoms with Crippen LogP contribution in [0.25, 0.3) is 0 Å². The van der Waals surface area contributed by atoms with Crippen molar-refractivity contribution < 1.29 is 28.2 Å². The lowest BCUT2D eigenvalue weighted by atomic mass is 10.1. The zero-order chi connectivity index (χ0) is 29.0. The zero-order valence-corrected chi connectivity index (χ0v) is 24.3. The van der Waals surface area contributed by atoms with Crippen molar-refractivity contribution in [2.45, 2.75) is 13.0 Å². The summed E-state index contributed by atoms with van der Waals surface area (Å²) < 4.78 is 21.8. The molecule has 1 N–H and O–H groups in total. The Morgan fingerprint density at radius 1 is 0.976 bits per heavy atom. The first-order valence-corrected chi connectivity index (χ1v) is 14.0. The summed E-state index contributed by atoms with van der Waals surface area (Å²) in [6.45, 7) is 4.49. The van der Waals surface area contributed by atoms with E-state index in [2.05, 4.69) is 10.2 Å². The molecule has 10 nitrogen and oxygen atoms in total. The molecular weight excluding hydrogens is 548 g/mol. The van der Waals surface area contributed by atoms with Crippen LogP contribution in [-0.2, 0) is 22.5 Å². The number of hydrogen-bond acceptors (Lipinski definition) is 7. The van der Waals surface area contributed by atoms with Crippen LogP contribution in [0, 0.1) is 0 Å². The summed E-state index contributed by atoms with van der Waals surface area (Å²) in [5, 5.41) is 3.40. The molecule has 2 aromatic carbocycles. The van der Waals surface area contributed by atoms with Gasteiger partial charge >= 0.3 is 6.03 Å². The standard InChI is InChI=1S/C30H37ClN4O6/c1-38-27-9-8-23(19-28(27)39-2)10-11-34(21-26-7-4-16-41-26)29(36)22-35(13-12-33-14-17-40-18-15-33)30(37)32-25-6-3-5-24(31)20-25/h3-9,16,19-20H,10-15,17-18,21-22H2,1-2H3,(H,32,37). The molecule has 0 atom stereocenters. The van der Waals surface area contributed by atoms with Gasteiger partial charge in [-0.3, -0.25) is 9.69 Å². The van der Waals surface area contributed by atoms with Crippen LogP contribution in [-0.4, -0.2) is 93.3 Å². The number of anilines is 1. The van der Waals surface area contributed by atoms with Gasteiger partial charge in [0.05, 0.1) is 40.2 Å². The van der Waals surface area contributed by atoms with E-state index in [-0.39, 0.29) is 25.0 Å². The highest BCUT2D eigenvalue weighted by molar-refractivity contribution is 6.30. The van der Waals surface area contributed by atoms with Gasteiger partial charge in [0.1, 0.15) is 12.3 Å². The Morgan fingerprint density at radius 2 is 1.78 bits per heavy atom. The van der Waals surface area contributed by atoms with Gasteiger partial charge in [-0.15, -0.1) is 0 Å². The number of ether oxygens (including phenoxy) is 3. The number of methoxy groups -OCH3 is 2. The predicted octanol–water partition coefficient (Wildman–Crippen LogP) is 4.39. The molecule has 0 unspecified atom stereocenters. The number of hydrogen-bond donors (Lipinski definition) is 1. The number of morpholine rings is 1. The highest BCUT2D eigenvalue weighted by Gasteiger charge is 2.24. The molecule has 1 fully saturated rings. The summed E-state index contributed by atoms with van der Waals surface area (Å²) >= 11 is 6.12. The van der Waals surface area contributed by atoms with Crippen molar-refractivity contribution in [2.24, 2.45) is 0 Å². The second-order valence-corrected chi connectivity index (χ2v) is 10.1. The van der Waals surface area contributed by atoms with Crippen molar-refractivity contribution in [1.82, 2.24) is 14.7 Å². The number of rotatable bonds is 13. The fourth-order valence-corrected chi connectivity index (χ4v) is 4.74. The van der Waals surface area contributed by atoms with E-state index < -0.39 is 0 Å². The highest BCUT2D eigenvalue weighted by Crippen LogP contribution is 2.28. The molecule has 1 aliphatic rings. The molecule has 1 aliphatic heterocycles. The number of furan rings is 1. The normalized spacial score (nSPS) is 13.4. The van der Waals surface area contributed by atoms with Gasteiger partial charge in [0.2, 0.25) is 5.91 Å². The molecule has 0 saturated carbocycles. The third kappa shape index (κ3) is 9.14. The van der Waals surface area contributed by atoms with Crippen molar-refractivity contribution in [1.29, 1.82) is 0 Å². The number of carbonyl (C=O) groups excluding carboxylic acids is 2. The van der Waals surface area contributed by atoms with Crippen molar-refractivity contribution in [2.75, 3.05) is 72.0 Å². The van der Waals surface area contributed by atoms with Gasteiger partial charge in [-0.1, -0.05) is 23.7 Å². The number of benzene rings is 2. The number of carbonyl (C=O) groups is 2. The molecule has 3 amide bonds. The fraction of sp³-hybridized carbons (Fsp3) is 0.400. The Bertz CT molecular complexity index is 1270. The molecule has 1 aromatic heterocycles. The minimum atomic E-state index is -0.369. The Balaban J connectivity index is 1.48. The maximum atomic E-state index is 13.7. The molecule has 11 heteroatoms. The number of urea groups is 1. The first-order valence-electron chi connectivity index (χ1n) is 13.6. The number of halogens is 1. The molecule has 0 bridgehead atoms. The summed E-state index contributed by atoms with van der Waals surface area (Å²) in [5.74, 6) is 1.74. The Kier molecular flexibility index (Phi) is 11.3. The summed E-state index contributed by atoms with van der Waals surface area (Å²) in [4.78, 5) is 32.6. The number of nitrogens with zero attached hydrogens (tertiary/aromatic N) is 3. The second kappa shape index (κ2) is 15.3. The lowest BCUT2D eigenvalue weighted by Crippen LogP contribution is -2.48. The Hall–Kier alpha value is -3.73. The van der Waals surface area contributed by atoms with Crippen molar-refractivity contribution in [3.8, 4) is 11.5 Å². The van der Waals surface area contributed by atoms with Gasteiger partial charge in [0.15, 0.2) is 11.5 Å². The molecule has 41 heavy (non-hydrogen) atoms. The van der Waals surface area contributed by atoms with Crippen LogP contribution < -0.4 is 14.8 Å². The van der Waals surface area contributed by atoms with Crippen LogP contribution >= 0.6 is 11.6 Å². The fourth-order valence-electron chi connectivity index (χ4n) is 4.55. The third-order valence-electron chi connectivity index (χ3n) is 6.88. The maximum absolute atomic E-state index is 13.7. The van der Waals surface area contributed by atoms with Gasteiger partial charge in [0.25, 0.3) is 0 Å². The Morgan fingerprint density at radius 3 is 2.49 bits per heavy atom. The quantitative estimate of drug-likeness (QED) is 0.318. The summed E-state index contributed by atoms with van der Waals surface area (Å²) in [6, 6.07) is 15.9. The van der Waals surface area contributed by atoms with Crippen LogP contribution in [0.2, 0.25) is 5.02 Å². The van der Waals surface area contributed by atoms with Gasteiger partial charge in [0, 0.05) is 43.4 Å². The number of nitrogens with one attached hydrogen (secondary N) is 1. The zero-order valence-electron chi connectivity index (χ0n) is 23.5. The smallest absolute Gasteiger partial charge is 0.322 e. The lowest BCUT2D eigenvalue weighted by Gasteiger charge is -2.31. The van der Waals surface area contributed by atoms with E-state index >= 15 is 0 Å². The molecule has 3 aromatic rings. The predicted molar refractivity (Wildman–Crippen MR) is 157 cm³/mol. The van der Waals surface area contributed by atoms with Crippen molar-refractivity contribution in [3.05, 3.63) is 77.2 Å². The minimum Gasteiger partial charge on any atom is -0.493 e. The maximum Gasteiger partial charge on any atom is 0.322 e. The van der Waals surface area contributed by atoms with Gasteiger partial charge in [-0.25, -0.2) is 4.79 Å². The van der Waals surface area contributed by atoms with Crippen LogP contribution in [0.3, 0.4) is 0 Å².